The first-order valence-electron chi connectivity index (χ1n) is 2.78. The number of nitrogens with zero attached hydrogens (tertiary/aromatic N) is 1. The fourth-order valence-corrected chi connectivity index (χ4v) is 0.625. The minimum Gasteiger partial charge on any atom is -0.411 e. The lowest BCUT2D eigenvalue weighted by atomic mass is 10.2. The van der Waals surface area contributed by atoms with Crippen LogP contribution in [0.4, 0.5) is 8.78 Å². The van der Waals surface area contributed by atoms with Crippen molar-refractivity contribution in [3.63, 3.8) is 0 Å². The van der Waals surface area contributed by atoms with Gasteiger partial charge in [-0.3, -0.25) is 0 Å². The van der Waals surface area contributed by atoms with Gasteiger partial charge in [0.05, 0.1) is 6.21 Å². The van der Waals surface area contributed by atoms with E-state index in [0.29, 0.717) is 0 Å². The number of rotatable bonds is 1. The molecule has 1 aromatic rings. The molecule has 4 heteroatoms. The van der Waals surface area contributed by atoms with Crippen LogP contribution in [0, 0.1) is 17.7 Å². The van der Waals surface area contributed by atoms with Gasteiger partial charge in [0, 0.05) is 5.56 Å². The summed E-state index contributed by atoms with van der Waals surface area (Å²) in [5.74, 6) is -2.05. The van der Waals surface area contributed by atoms with Gasteiger partial charge >= 0.3 is 0 Å². The lowest BCUT2D eigenvalue weighted by molar-refractivity contribution is 0.321. The number of benzene rings is 1. The highest BCUT2D eigenvalue weighted by molar-refractivity contribution is 5.79. The van der Waals surface area contributed by atoms with Crippen molar-refractivity contribution in [2.24, 2.45) is 5.16 Å². The molecule has 0 amide bonds. The third-order valence-electron chi connectivity index (χ3n) is 1.11. The number of hydrogen-bond acceptors (Lipinski definition) is 2. The number of halogens is 2. The Morgan fingerprint density at radius 3 is 2.82 bits per heavy atom. The molecule has 0 saturated carbocycles. The average molecular weight is 156 g/mol. The number of oxime groups is 1. The van der Waals surface area contributed by atoms with E-state index in [0.717, 1.165) is 12.3 Å². The molecule has 0 saturated heterocycles. The van der Waals surface area contributed by atoms with Crippen LogP contribution in [0.2, 0.25) is 0 Å². The van der Waals surface area contributed by atoms with Crippen LogP contribution in [0.25, 0.3) is 0 Å². The third kappa shape index (κ3) is 1.52. The zero-order chi connectivity index (χ0) is 8.27. The van der Waals surface area contributed by atoms with Crippen molar-refractivity contribution >= 4 is 6.21 Å². The van der Waals surface area contributed by atoms with Gasteiger partial charge in [-0.1, -0.05) is 5.16 Å². The van der Waals surface area contributed by atoms with Gasteiger partial charge in [0.25, 0.3) is 0 Å². The maximum atomic E-state index is 12.6. The number of hydrogen-bond donors (Lipinski definition) is 1. The Balaban J connectivity index is 3.16. The van der Waals surface area contributed by atoms with E-state index in [-0.39, 0.29) is 5.56 Å². The summed E-state index contributed by atoms with van der Waals surface area (Å²) in [5.41, 5.74) is -0.132. The highest BCUT2D eigenvalue weighted by Crippen LogP contribution is 2.08. The molecule has 0 fully saturated rings. The van der Waals surface area contributed by atoms with Crippen molar-refractivity contribution in [2.75, 3.05) is 0 Å². The normalized spacial score (nSPS) is 10.7. The van der Waals surface area contributed by atoms with Crippen LogP contribution in [0.1, 0.15) is 5.56 Å². The van der Waals surface area contributed by atoms with Crippen molar-refractivity contribution in [2.45, 2.75) is 0 Å². The Bertz CT molecular complexity index is 286. The van der Waals surface area contributed by atoms with E-state index in [2.05, 4.69) is 11.2 Å². The molecule has 0 aliphatic carbocycles. The van der Waals surface area contributed by atoms with E-state index in [1.165, 1.54) is 6.07 Å². The van der Waals surface area contributed by atoms with Crippen LogP contribution < -0.4 is 0 Å². The molecule has 0 aromatic heterocycles. The summed E-state index contributed by atoms with van der Waals surface area (Å²) in [4.78, 5) is 0. The van der Waals surface area contributed by atoms with Crippen molar-refractivity contribution < 1.29 is 14.0 Å². The van der Waals surface area contributed by atoms with Crippen LogP contribution in [0.3, 0.4) is 0 Å². The molecular weight excluding hydrogens is 152 g/mol. The Labute approximate surface area is 61.8 Å². The standard InChI is InChI=1S/C7H4F2NO/c8-6-3-1-2-5(4-10-11)7(6)9/h2-4,11H/b10-4-. The quantitative estimate of drug-likeness (QED) is 0.373. The van der Waals surface area contributed by atoms with Gasteiger partial charge in [0.1, 0.15) is 0 Å². The largest absolute Gasteiger partial charge is 0.411 e. The maximum Gasteiger partial charge on any atom is 0.167 e. The molecule has 0 atom stereocenters. The van der Waals surface area contributed by atoms with E-state index < -0.39 is 11.6 Å². The summed E-state index contributed by atoms with van der Waals surface area (Å²) < 4.78 is 24.9. The smallest absolute Gasteiger partial charge is 0.167 e. The second kappa shape index (κ2) is 3.09. The molecule has 11 heavy (non-hydrogen) atoms. The summed E-state index contributed by atoms with van der Waals surface area (Å²) >= 11 is 0. The van der Waals surface area contributed by atoms with Gasteiger partial charge in [0.2, 0.25) is 0 Å². The fourth-order valence-electron chi connectivity index (χ4n) is 0.625. The molecular formula is C7H4F2NO. The molecule has 0 unspecified atom stereocenters. The Morgan fingerprint density at radius 1 is 1.45 bits per heavy atom. The third-order valence-corrected chi connectivity index (χ3v) is 1.11. The Hall–Kier alpha value is -1.45. The Kier molecular flexibility index (Phi) is 2.15. The summed E-state index contributed by atoms with van der Waals surface area (Å²) in [7, 11) is 0. The Morgan fingerprint density at radius 2 is 2.18 bits per heavy atom. The highest BCUT2D eigenvalue weighted by atomic mass is 19.2. The minimum atomic E-state index is -1.04. The van der Waals surface area contributed by atoms with Crippen molar-refractivity contribution in [1.29, 1.82) is 0 Å². The molecule has 0 bridgehead atoms. The van der Waals surface area contributed by atoms with Gasteiger partial charge in [0.15, 0.2) is 11.6 Å². The minimum absolute atomic E-state index is 0.132. The van der Waals surface area contributed by atoms with E-state index in [4.69, 9.17) is 5.21 Å². The summed E-state index contributed by atoms with van der Waals surface area (Å²) in [6.45, 7) is 0. The molecule has 1 radical (unpaired) electrons. The van der Waals surface area contributed by atoms with Crippen LogP contribution in [-0.2, 0) is 0 Å². The maximum absolute atomic E-state index is 12.6. The van der Waals surface area contributed by atoms with Crippen LogP contribution in [0.15, 0.2) is 17.3 Å². The molecule has 0 aliphatic rings. The zero-order valence-electron chi connectivity index (χ0n) is 5.38. The van der Waals surface area contributed by atoms with Gasteiger partial charge in [-0.05, 0) is 18.2 Å². The van der Waals surface area contributed by atoms with E-state index in [9.17, 15) is 8.78 Å². The van der Waals surface area contributed by atoms with Gasteiger partial charge < -0.3 is 5.21 Å². The van der Waals surface area contributed by atoms with Crippen LogP contribution in [-0.4, -0.2) is 11.4 Å². The highest BCUT2D eigenvalue weighted by Gasteiger charge is 2.04. The van der Waals surface area contributed by atoms with Crippen molar-refractivity contribution in [1.82, 2.24) is 0 Å². The SMILES string of the molecule is O/N=C\c1c[c]cc(F)c1F. The van der Waals surface area contributed by atoms with Gasteiger partial charge in [-0.15, -0.1) is 0 Å². The first-order chi connectivity index (χ1) is 5.25. The average Bonchev–Trinajstić information content (AvgIpc) is 1.99. The first kappa shape index (κ1) is 7.65. The van der Waals surface area contributed by atoms with Gasteiger partial charge in [-0.2, -0.15) is 0 Å². The van der Waals surface area contributed by atoms with E-state index in [1.807, 2.05) is 0 Å². The zero-order valence-corrected chi connectivity index (χ0v) is 5.38. The molecule has 1 N–H and O–H groups in total. The van der Waals surface area contributed by atoms with Crippen molar-refractivity contribution in [3.05, 3.63) is 35.4 Å². The van der Waals surface area contributed by atoms with Crippen molar-refractivity contribution in [3.8, 4) is 0 Å². The summed E-state index contributed by atoms with van der Waals surface area (Å²) in [6.07, 6.45) is 0.801. The van der Waals surface area contributed by atoms with Crippen LogP contribution >= 0.6 is 0 Å². The first-order valence-corrected chi connectivity index (χ1v) is 2.78. The topological polar surface area (TPSA) is 32.6 Å². The second-order valence-electron chi connectivity index (χ2n) is 1.82. The predicted octanol–water partition coefficient (Wildman–Crippen LogP) is 1.57. The molecule has 2 nitrogen and oxygen atoms in total. The van der Waals surface area contributed by atoms with Gasteiger partial charge in [-0.25, -0.2) is 8.78 Å². The summed E-state index contributed by atoms with van der Waals surface area (Å²) in [5, 5.41) is 10.6. The molecule has 0 spiro atoms. The second-order valence-corrected chi connectivity index (χ2v) is 1.82. The predicted molar refractivity (Wildman–Crippen MR) is 34.6 cm³/mol. The molecule has 0 heterocycles. The molecule has 1 aromatic carbocycles. The summed E-state index contributed by atoms with van der Waals surface area (Å²) in [6, 6.07) is 4.38. The van der Waals surface area contributed by atoms with E-state index in [1.54, 1.807) is 0 Å². The monoisotopic (exact) mass is 156 g/mol. The fraction of sp³-hybridized carbons (Fsp3) is 0. The molecule has 57 valence electrons. The molecule has 1 rings (SSSR count). The van der Waals surface area contributed by atoms with Crippen LogP contribution in [0.5, 0.6) is 0 Å². The van der Waals surface area contributed by atoms with E-state index >= 15 is 0 Å². The lowest BCUT2D eigenvalue weighted by Gasteiger charge is -1.93. The molecule has 0 aliphatic heterocycles. The lowest BCUT2D eigenvalue weighted by Crippen LogP contribution is -1.91.